The van der Waals surface area contributed by atoms with Crippen LogP contribution in [-0.4, -0.2) is 24.0 Å². The van der Waals surface area contributed by atoms with Gasteiger partial charge in [0.15, 0.2) is 0 Å². The molecule has 0 radical (unpaired) electrons. The third-order valence-corrected chi connectivity index (χ3v) is 5.65. The number of allylic oxidation sites excluding steroid dienone is 6. The molecule has 0 amide bonds. The summed E-state index contributed by atoms with van der Waals surface area (Å²) in [5.41, 5.74) is 7.08. The highest BCUT2D eigenvalue weighted by atomic mass is 15.2. The Morgan fingerprint density at radius 2 is 1.50 bits per heavy atom. The largest absolute Gasteiger partial charge is 0.292 e. The van der Waals surface area contributed by atoms with Crippen LogP contribution in [0.3, 0.4) is 0 Å². The molecule has 2 saturated carbocycles. The van der Waals surface area contributed by atoms with Gasteiger partial charge in [-0.25, -0.2) is 0 Å². The van der Waals surface area contributed by atoms with E-state index in [0.29, 0.717) is 0 Å². The number of rotatable bonds is 7. The van der Waals surface area contributed by atoms with Crippen molar-refractivity contribution in [3.63, 3.8) is 0 Å². The van der Waals surface area contributed by atoms with Gasteiger partial charge in [0.05, 0.1) is 0 Å². The van der Waals surface area contributed by atoms with Crippen LogP contribution in [0.4, 0.5) is 0 Å². The maximum absolute atomic E-state index is 4.04. The average molecular weight is 402 g/mol. The predicted molar refractivity (Wildman–Crippen MR) is 135 cm³/mol. The maximum Gasteiger partial charge on any atom is 0.0240 e. The number of nitrogens with zero attached hydrogens (tertiary/aromatic N) is 1. The number of hydrogen-bond donors (Lipinski definition) is 0. The van der Waals surface area contributed by atoms with E-state index in [1.807, 2.05) is 32.1 Å². The highest BCUT2D eigenvalue weighted by Crippen LogP contribution is 2.40. The minimum absolute atomic E-state index is 0.831. The van der Waals surface area contributed by atoms with Gasteiger partial charge in [0.25, 0.3) is 0 Å². The van der Waals surface area contributed by atoms with E-state index in [4.69, 9.17) is 0 Å². The summed E-state index contributed by atoms with van der Waals surface area (Å²) in [5.74, 6) is 0.831. The van der Waals surface area contributed by atoms with Gasteiger partial charge in [0.2, 0.25) is 0 Å². The standard InChI is InChI=1S/C21H25N.C6H8.C2H6/c1-3-16(17-4-6-18(7-5-17)19-8-9-19)12-20-14-22(13-15(20)2)21-10-11-21;1-3-5-6-4-2;1-2/h3-7,12,19,21H,1,8-11,13-14H2,2H3;3-6H,1-2H2;1-2H3/b16-12+;6-5-;. The molecule has 1 heterocycles. The first-order chi connectivity index (χ1) is 14.7. The molecule has 160 valence electrons. The monoisotopic (exact) mass is 401 g/mol. The van der Waals surface area contributed by atoms with Crippen LogP contribution in [-0.2, 0) is 0 Å². The van der Waals surface area contributed by atoms with Gasteiger partial charge < -0.3 is 0 Å². The van der Waals surface area contributed by atoms with Crippen LogP contribution in [0.2, 0.25) is 0 Å². The maximum atomic E-state index is 4.04. The molecule has 0 bridgehead atoms. The van der Waals surface area contributed by atoms with E-state index < -0.39 is 0 Å². The van der Waals surface area contributed by atoms with Crippen LogP contribution in [0.1, 0.15) is 63.5 Å². The van der Waals surface area contributed by atoms with E-state index in [1.54, 1.807) is 12.2 Å². The van der Waals surface area contributed by atoms with Gasteiger partial charge >= 0.3 is 0 Å². The Morgan fingerprint density at radius 1 is 0.900 bits per heavy atom. The summed E-state index contributed by atoms with van der Waals surface area (Å²) in [5, 5.41) is 0. The summed E-state index contributed by atoms with van der Waals surface area (Å²) in [6.45, 7) is 19.5. The summed E-state index contributed by atoms with van der Waals surface area (Å²) in [4.78, 5) is 2.62. The Bertz CT molecular complexity index is 785. The van der Waals surface area contributed by atoms with Crippen molar-refractivity contribution < 1.29 is 0 Å². The summed E-state index contributed by atoms with van der Waals surface area (Å²) in [7, 11) is 0. The predicted octanol–water partition coefficient (Wildman–Crippen LogP) is 7.87. The first kappa shape index (κ1) is 23.9. The van der Waals surface area contributed by atoms with E-state index >= 15 is 0 Å². The molecular weight excluding hydrogens is 362 g/mol. The zero-order valence-electron chi connectivity index (χ0n) is 19.2. The molecule has 1 aromatic carbocycles. The van der Waals surface area contributed by atoms with Gasteiger partial charge in [-0.15, -0.1) is 0 Å². The smallest absolute Gasteiger partial charge is 0.0240 e. The van der Waals surface area contributed by atoms with Crippen molar-refractivity contribution in [2.24, 2.45) is 0 Å². The van der Waals surface area contributed by atoms with Gasteiger partial charge in [-0.2, -0.15) is 0 Å². The van der Waals surface area contributed by atoms with Crippen LogP contribution in [0.15, 0.2) is 91.6 Å². The second kappa shape index (κ2) is 12.3. The van der Waals surface area contributed by atoms with E-state index in [1.165, 1.54) is 53.5 Å². The molecule has 0 spiro atoms. The second-order valence-corrected chi connectivity index (χ2v) is 8.00. The van der Waals surface area contributed by atoms with Gasteiger partial charge in [0, 0.05) is 19.1 Å². The minimum atomic E-state index is 0.831. The Hall–Kier alpha value is -2.38. The Labute approximate surface area is 184 Å². The van der Waals surface area contributed by atoms with Crippen LogP contribution < -0.4 is 0 Å². The lowest BCUT2D eigenvalue weighted by atomic mass is 9.99. The van der Waals surface area contributed by atoms with Crippen LogP contribution in [0, 0.1) is 0 Å². The molecule has 0 unspecified atom stereocenters. The van der Waals surface area contributed by atoms with Gasteiger partial charge in [0.1, 0.15) is 0 Å². The fourth-order valence-electron chi connectivity index (χ4n) is 3.65. The second-order valence-electron chi connectivity index (χ2n) is 8.00. The zero-order chi connectivity index (χ0) is 21.9. The summed E-state index contributed by atoms with van der Waals surface area (Å²) < 4.78 is 0. The summed E-state index contributed by atoms with van der Waals surface area (Å²) in [6.07, 6.45) is 17.0. The molecule has 2 fully saturated rings. The lowest BCUT2D eigenvalue weighted by Crippen LogP contribution is -2.23. The molecule has 0 atom stereocenters. The van der Waals surface area contributed by atoms with Crippen molar-refractivity contribution in [2.45, 2.75) is 58.4 Å². The first-order valence-corrected chi connectivity index (χ1v) is 11.4. The number of hydrogen-bond acceptors (Lipinski definition) is 1. The lowest BCUT2D eigenvalue weighted by molar-refractivity contribution is 0.335. The van der Waals surface area contributed by atoms with Crippen molar-refractivity contribution in [3.05, 3.63) is 103 Å². The van der Waals surface area contributed by atoms with Crippen LogP contribution >= 0.6 is 0 Å². The molecule has 4 rings (SSSR count). The third kappa shape index (κ3) is 7.15. The van der Waals surface area contributed by atoms with Crippen molar-refractivity contribution in [1.82, 2.24) is 4.90 Å². The highest BCUT2D eigenvalue weighted by molar-refractivity contribution is 5.76. The Balaban J connectivity index is 0.000000348. The zero-order valence-corrected chi connectivity index (χ0v) is 19.2. The normalized spacial score (nSPS) is 19.0. The highest BCUT2D eigenvalue weighted by Gasteiger charge is 2.32. The van der Waals surface area contributed by atoms with Crippen molar-refractivity contribution >= 4 is 5.57 Å². The summed E-state index contributed by atoms with van der Waals surface area (Å²) >= 11 is 0. The topological polar surface area (TPSA) is 3.24 Å². The molecule has 1 aliphatic heterocycles. The van der Waals surface area contributed by atoms with Crippen LogP contribution in [0.25, 0.3) is 5.57 Å². The fraction of sp³-hybridized carbons (Fsp3) is 0.379. The fourth-order valence-corrected chi connectivity index (χ4v) is 3.65. The SMILES string of the molecule is C=C/C(=C\C1=C(C)CN(C2CC2)C1)c1ccc(C2CC2)cc1.C=C/C=C\C=C.CC. The quantitative estimate of drug-likeness (QED) is 0.420. The molecule has 1 aromatic rings. The third-order valence-electron chi connectivity index (χ3n) is 5.65. The molecule has 3 aliphatic rings. The minimum Gasteiger partial charge on any atom is -0.292 e. The molecule has 1 nitrogen and oxygen atoms in total. The Kier molecular flexibility index (Phi) is 9.83. The van der Waals surface area contributed by atoms with Gasteiger partial charge in [-0.05, 0) is 66.9 Å². The molecule has 0 aromatic heterocycles. The first-order valence-electron chi connectivity index (χ1n) is 11.4. The van der Waals surface area contributed by atoms with E-state index in [-0.39, 0.29) is 0 Å². The van der Waals surface area contributed by atoms with Gasteiger partial charge in [-0.3, -0.25) is 4.90 Å². The average Bonchev–Trinajstić information content (AvgIpc) is 3.71. The lowest BCUT2D eigenvalue weighted by Gasteiger charge is -2.13. The van der Waals surface area contributed by atoms with E-state index in [2.05, 4.69) is 61.9 Å². The Morgan fingerprint density at radius 3 is 1.97 bits per heavy atom. The van der Waals surface area contributed by atoms with Crippen molar-refractivity contribution in [2.75, 3.05) is 13.1 Å². The summed E-state index contributed by atoms with van der Waals surface area (Å²) in [6, 6.07) is 9.99. The number of benzene rings is 1. The molecule has 0 N–H and O–H groups in total. The van der Waals surface area contributed by atoms with Crippen molar-refractivity contribution in [3.8, 4) is 0 Å². The van der Waals surface area contributed by atoms with E-state index in [0.717, 1.165) is 25.0 Å². The molecule has 1 heteroatoms. The van der Waals surface area contributed by atoms with E-state index in [9.17, 15) is 0 Å². The molecule has 0 saturated heterocycles. The molecule has 2 aliphatic carbocycles. The van der Waals surface area contributed by atoms with Gasteiger partial charge in [-0.1, -0.05) is 93.8 Å². The molecule has 30 heavy (non-hydrogen) atoms. The molecular formula is C29H39N. The van der Waals surface area contributed by atoms with Crippen molar-refractivity contribution in [1.29, 1.82) is 0 Å². The van der Waals surface area contributed by atoms with Crippen LogP contribution in [0.5, 0.6) is 0 Å².